The summed E-state index contributed by atoms with van der Waals surface area (Å²) in [4.78, 5) is 6.79. The van der Waals surface area contributed by atoms with E-state index in [4.69, 9.17) is 0 Å². The predicted octanol–water partition coefficient (Wildman–Crippen LogP) is 6.73. The molecule has 4 aromatic rings. The van der Waals surface area contributed by atoms with Gasteiger partial charge in [0.2, 0.25) is 0 Å². The molecule has 0 saturated carbocycles. The zero-order valence-corrected chi connectivity index (χ0v) is 17.0. The third-order valence-corrected chi connectivity index (χ3v) is 5.94. The molecule has 0 fully saturated rings. The zero-order valence-electron chi connectivity index (χ0n) is 17.0. The van der Waals surface area contributed by atoms with Crippen LogP contribution in [0.5, 0.6) is 0 Å². The highest BCUT2D eigenvalue weighted by Crippen LogP contribution is 2.51. The van der Waals surface area contributed by atoms with Crippen LogP contribution in [0.25, 0.3) is 11.3 Å². The fourth-order valence-electron chi connectivity index (χ4n) is 4.47. The lowest BCUT2D eigenvalue weighted by Gasteiger charge is -2.42. The summed E-state index contributed by atoms with van der Waals surface area (Å²) in [7, 11) is 0. The molecule has 2 heterocycles. The Balaban J connectivity index is 1.74. The van der Waals surface area contributed by atoms with Crippen molar-refractivity contribution < 1.29 is 0 Å². The van der Waals surface area contributed by atoms with Crippen LogP contribution in [0, 0.1) is 11.3 Å². The van der Waals surface area contributed by atoms with E-state index < -0.39 is 0 Å². The van der Waals surface area contributed by atoms with Crippen molar-refractivity contribution in [1.29, 1.82) is 5.26 Å². The van der Waals surface area contributed by atoms with E-state index in [0.717, 1.165) is 11.3 Å². The first-order valence-electron chi connectivity index (χ1n) is 10.1. The Morgan fingerprint density at radius 2 is 1.47 bits per heavy atom. The van der Waals surface area contributed by atoms with Crippen LogP contribution in [-0.4, -0.2) is 4.98 Å². The van der Waals surface area contributed by atoms with Crippen LogP contribution in [0.1, 0.15) is 30.5 Å². The van der Waals surface area contributed by atoms with Crippen LogP contribution in [0.3, 0.4) is 0 Å². The van der Waals surface area contributed by atoms with Gasteiger partial charge in [-0.3, -0.25) is 4.98 Å². The van der Waals surface area contributed by atoms with Crippen LogP contribution < -0.4 is 4.90 Å². The molecule has 0 saturated heterocycles. The molecule has 0 aliphatic carbocycles. The minimum absolute atomic E-state index is 0.0870. The van der Waals surface area contributed by atoms with E-state index in [1.807, 2.05) is 18.2 Å². The number of para-hydroxylation sites is 2. The van der Waals surface area contributed by atoms with Crippen LogP contribution in [0.4, 0.5) is 17.1 Å². The lowest BCUT2D eigenvalue weighted by Crippen LogP contribution is -2.30. The summed E-state index contributed by atoms with van der Waals surface area (Å²) in [5.74, 6) is 0. The molecule has 0 spiro atoms. The molecule has 0 radical (unpaired) electrons. The summed E-state index contributed by atoms with van der Waals surface area (Å²) in [6.45, 7) is 4.57. The average molecular weight is 387 g/mol. The number of pyridine rings is 1. The predicted molar refractivity (Wildman–Crippen MR) is 121 cm³/mol. The molecule has 0 N–H and O–H groups in total. The zero-order chi connectivity index (χ0) is 20.7. The number of benzene rings is 3. The quantitative estimate of drug-likeness (QED) is 0.383. The first-order chi connectivity index (χ1) is 14.6. The Morgan fingerprint density at radius 1 is 0.800 bits per heavy atom. The Morgan fingerprint density at radius 3 is 2.13 bits per heavy atom. The molecule has 1 aromatic heterocycles. The molecule has 0 bridgehead atoms. The van der Waals surface area contributed by atoms with Crippen molar-refractivity contribution in [1.82, 2.24) is 4.98 Å². The molecule has 0 unspecified atom stereocenters. The fourth-order valence-corrected chi connectivity index (χ4v) is 4.47. The minimum Gasteiger partial charge on any atom is -0.310 e. The number of anilines is 3. The maximum atomic E-state index is 9.52. The monoisotopic (exact) mass is 387 g/mol. The van der Waals surface area contributed by atoms with E-state index in [1.165, 1.54) is 22.5 Å². The van der Waals surface area contributed by atoms with Crippen LogP contribution in [0.15, 0.2) is 91.1 Å². The molecule has 3 aromatic carbocycles. The third kappa shape index (κ3) is 2.69. The standard InChI is InChI=1S/C27H21N3/c1-27(2)22-12-3-5-14-24(22)30(25-15-6-4-13-23(25)27)21-11-7-9-19(17-21)26-20(18-28)10-8-16-29-26/h3-17H,1-2H3. The van der Waals surface area contributed by atoms with Gasteiger partial charge in [-0.25, -0.2) is 0 Å². The van der Waals surface area contributed by atoms with Crippen LogP contribution in [0.2, 0.25) is 0 Å². The largest absolute Gasteiger partial charge is 0.310 e. The summed E-state index contributed by atoms with van der Waals surface area (Å²) in [6.07, 6.45) is 1.73. The highest BCUT2D eigenvalue weighted by atomic mass is 15.2. The van der Waals surface area contributed by atoms with E-state index in [1.54, 1.807) is 12.3 Å². The Hall–Kier alpha value is -3.90. The van der Waals surface area contributed by atoms with Gasteiger partial charge in [0.15, 0.2) is 0 Å². The van der Waals surface area contributed by atoms with Crippen molar-refractivity contribution in [3.05, 3.63) is 108 Å². The summed E-state index contributed by atoms with van der Waals surface area (Å²) < 4.78 is 0. The third-order valence-electron chi connectivity index (χ3n) is 5.94. The van der Waals surface area contributed by atoms with Crippen molar-refractivity contribution in [2.45, 2.75) is 19.3 Å². The molecule has 144 valence electrons. The summed E-state index contributed by atoms with van der Waals surface area (Å²) in [6, 6.07) is 31.3. The van der Waals surface area contributed by atoms with Gasteiger partial charge in [-0.1, -0.05) is 62.4 Å². The van der Waals surface area contributed by atoms with Gasteiger partial charge in [-0.15, -0.1) is 0 Å². The maximum Gasteiger partial charge on any atom is 0.101 e. The fraction of sp³-hybridized carbons (Fsp3) is 0.111. The number of hydrogen-bond donors (Lipinski definition) is 0. The van der Waals surface area contributed by atoms with E-state index in [9.17, 15) is 5.26 Å². The highest BCUT2D eigenvalue weighted by Gasteiger charge is 2.36. The molecule has 3 nitrogen and oxygen atoms in total. The van der Waals surface area contributed by atoms with Gasteiger partial charge >= 0.3 is 0 Å². The van der Waals surface area contributed by atoms with Crippen molar-refractivity contribution in [2.75, 3.05) is 4.90 Å². The van der Waals surface area contributed by atoms with E-state index >= 15 is 0 Å². The Kier molecular flexibility index (Phi) is 4.15. The van der Waals surface area contributed by atoms with Gasteiger partial charge in [-0.2, -0.15) is 5.26 Å². The molecule has 30 heavy (non-hydrogen) atoms. The van der Waals surface area contributed by atoms with Gasteiger partial charge in [0.05, 0.1) is 22.6 Å². The summed E-state index contributed by atoms with van der Waals surface area (Å²) in [5.41, 5.74) is 8.14. The van der Waals surface area contributed by atoms with Crippen LogP contribution in [-0.2, 0) is 5.41 Å². The first kappa shape index (κ1) is 18.1. The smallest absolute Gasteiger partial charge is 0.101 e. The van der Waals surface area contributed by atoms with Crippen molar-refractivity contribution in [2.24, 2.45) is 0 Å². The van der Waals surface area contributed by atoms with Crippen molar-refractivity contribution >= 4 is 17.1 Å². The molecular formula is C27H21N3. The molecule has 1 aliphatic rings. The summed E-state index contributed by atoms with van der Waals surface area (Å²) in [5, 5.41) is 9.52. The molecule has 0 amide bonds. The molecular weight excluding hydrogens is 366 g/mol. The number of nitrogens with zero attached hydrogens (tertiary/aromatic N) is 3. The van der Waals surface area contributed by atoms with Crippen molar-refractivity contribution in [3.8, 4) is 17.3 Å². The van der Waals surface area contributed by atoms with Gasteiger partial charge in [0.1, 0.15) is 6.07 Å². The second kappa shape index (κ2) is 6.86. The first-order valence-corrected chi connectivity index (χ1v) is 10.1. The van der Waals surface area contributed by atoms with E-state index in [0.29, 0.717) is 11.3 Å². The normalized spacial score (nSPS) is 13.8. The van der Waals surface area contributed by atoms with Gasteiger partial charge < -0.3 is 4.90 Å². The second-order valence-corrected chi connectivity index (χ2v) is 8.06. The Bertz CT molecular complexity index is 1250. The number of fused-ring (bicyclic) bond motifs is 2. The minimum atomic E-state index is -0.0870. The second-order valence-electron chi connectivity index (χ2n) is 8.06. The van der Waals surface area contributed by atoms with Gasteiger partial charge in [-0.05, 0) is 47.5 Å². The SMILES string of the molecule is CC1(C)c2ccccc2N(c2cccc(-c3ncccc3C#N)c2)c2ccccc21. The Labute approximate surface area is 176 Å². The van der Waals surface area contributed by atoms with E-state index in [2.05, 4.69) is 90.5 Å². The molecule has 1 aliphatic heterocycles. The number of nitriles is 1. The van der Waals surface area contributed by atoms with E-state index in [-0.39, 0.29) is 5.41 Å². The van der Waals surface area contributed by atoms with Crippen LogP contribution >= 0.6 is 0 Å². The number of hydrogen-bond acceptors (Lipinski definition) is 3. The topological polar surface area (TPSA) is 39.9 Å². The average Bonchev–Trinajstić information content (AvgIpc) is 2.79. The molecule has 0 atom stereocenters. The number of aromatic nitrogens is 1. The van der Waals surface area contributed by atoms with Gasteiger partial charge in [0.25, 0.3) is 0 Å². The molecule has 3 heteroatoms. The maximum absolute atomic E-state index is 9.52. The van der Waals surface area contributed by atoms with Crippen molar-refractivity contribution in [3.63, 3.8) is 0 Å². The highest BCUT2D eigenvalue weighted by molar-refractivity contribution is 5.87. The van der Waals surface area contributed by atoms with Gasteiger partial charge in [0, 0.05) is 22.9 Å². The lowest BCUT2D eigenvalue weighted by molar-refractivity contribution is 0.632. The lowest BCUT2D eigenvalue weighted by atomic mass is 9.73. The summed E-state index contributed by atoms with van der Waals surface area (Å²) >= 11 is 0. The molecule has 5 rings (SSSR count). The number of rotatable bonds is 2.